The molecule has 7 nitrogen and oxygen atoms in total. The van der Waals surface area contributed by atoms with Crippen molar-refractivity contribution in [1.29, 1.82) is 0 Å². The summed E-state index contributed by atoms with van der Waals surface area (Å²) in [5.41, 5.74) is 2.29. The Morgan fingerprint density at radius 3 is 2.50 bits per heavy atom. The highest BCUT2D eigenvalue weighted by Gasteiger charge is 2.11. The molecule has 0 saturated carbocycles. The molecule has 3 aromatic rings. The van der Waals surface area contributed by atoms with Crippen LogP contribution in [0.25, 0.3) is 0 Å². The van der Waals surface area contributed by atoms with Crippen molar-refractivity contribution in [2.24, 2.45) is 0 Å². The number of carbonyl (C=O) groups is 1. The normalized spacial score (nSPS) is 10.5. The zero-order valence-electron chi connectivity index (χ0n) is 17.6. The van der Waals surface area contributed by atoms with Crippen molar-refractivity contribution < 1.29 is 19.0 Å². The molecule has 0 fully saturated rings. The fourth-order valence-corrected chi connectivity index (χ4v) is 2.89. The molecule has 1 amide bonds. The predicted octanol–water partition coefficient (Wildman–Crippen LogP) is 3.96. The van der Waals surface area contributed by atoms with Gasteiger partial charge in [0.05, 0.1) is 13.2 Å². The van der Waals surface area contributed by atoms with Gasteiger partial charge in [0, 0.05) is 12.7 Å². The molecule has 0 radical (unpaired) electrons. The summed E-state index contributed by atoms with van der Waals surface area (Å²) in [6.45, 7) is 7.52. The van der Waals surface area contributed by atoms with Crippen LogP contribution >= 0.6 is 0 Å². The Morgan fingerprint density at radius 1 is 0.967 bits per heavy atom. The Bertz CT molecular complexity index is 984. The molecule has 0 bridgehead atoms. The van der Waals surface area contributed by atoms with Crippen LogP contribution in [-0.4, -0.2) is 28.9 Å². The van der Waals surface area contributed by atoms with Crippen molar-refractivity contribution in [3.63, 3.8) is 0 Å². The molecule has 0 aliphatic rings. The van der Waals surface area contributed by atoms with Gasteiger partial charge in [-0.05, 0) is 56.2 Å². The lowest BCUT2D eigenvalue weighted by Crippen LogP contribution is -2.23. The Morgan fingerprint density at radius 2 is 1.73 bits per heavy atom. The van der Waals surface area contributed by atoms with Gasteiger partial charge in [-0.15, -0.1) is 0 Å². The molecular formula is C23H27N3O4. The van der Waals surface area contributed by atoms with Gasteiger partial charge in [0.25, 0.3) is 5.91 Å². The van der Waals surface area contributed by atoms with E-state index in [1.54, 1.807) is 16.9 Å². The minimum Gasteiger partial charge on any atom is -0.490 e. The minimum atomic E-state index is -0.253. The highest BCUT2D eigenvalue weighted by atomic mass is 16.5. The smallest absolute Gasteiger partial charge is 0.272 e. The monoisotopic (exact) mass is 409 g/mol. The number of rotatable bonds is 10. The van der Waals surface area contributed by atoms with Crippen LogP contribution in [0.3, 0.4) is 0 Å². The quantitative estimate of drug-likeness (QED) is 0.549. The van der Waals surface area contributed by atoms with Crippen molar-refractivity contribution in [1.82, 2.24) is 15.1 Å². The fraction of sp³-hybridized carbons (Fsp3) is 0.304. The lowest BCUT2D eigenvalue weighted by molar-refractivity contribution is 0.0943. The highest BCUT2D eigenvalue weighted by Crippen LogP contribution is 2.28. The first kappa shape index (κ1) is 21.2. The van der Waals surface area contributed by atoms with Crippen molar-refractivity contribution in [3.8, 4) is 17.2 Å². The first-order valence-electron chi connectivity index (χ1n) is 9.99. The summed E-state index contributed by atoms with van der Waals surface area (Å²) in [7, 11) is 0. The Balaban J connectivity index is 1.56. The highest BCUT2D eigenvalue weighted by molar-refractivity contribution is 5.92. The second-order valence-electron chi connectivity index (χ2n) is 6.61. The Hall–Kier alpha value is -3.48. The molecule has 0 aliphatic carbocycles. The van der Waals surface area contributed by atoms with Gasteiger partial charge in [-0.2, -0.15) is 5.10 Å². The Kier molecular flexibility index (Phi) is 7.32. The van der Waals surface area contributed by atoms with Crippen LogP contribution in [0.15, 0.2) is 54.7 Å². The van der Waals surface area contributed by atoms with Crippen LogP contribution in [0, 0.1) is 6.92 Å². The molecule has 1 N–H and O–H groups in total. The van der Waals surface area contributed by atoms with E-state index in [2.05, 4.69) is 10.4 Å². The number of ether oxygens (including phenoxy) is 3. The molecule has 0 aliphatic heterocycles. The number of nitrogens with zero attached hydrogens (tertiary/aromatic N) is 2. The van der Waals surface area contributed by atoms with Crippen LogP contribution in [0.2, 0.25) is 0 Å². The number of nitrogens with one attached hydrogen (secondary N) is 1. The van der Waals surface area contributed by atoms with Gasteiger partial charge in [0.15, 0.2) is 18.2 Å². The molecule has 0 spiro atoms. The number of amides is 1. The van der Waals surface area contributed by atoms with Gasteiger partial charge in [0.1, 0.15) is 11.4 Å². The molecule has 3 rings (SSSR count). The van der Waals surface area contributed by atoms with Gasteiger partial charge in [-0.25, -0.2) is 4.68 Å². The first-order chi connectivity index (χ1) is 14.6. The van der Waals surface area contributed by atoms with Gasteiger partial charge in [0.2, 0.25) is 0 Å². The largest absolute Gasteiger partial charge is 0.490 e. The van der Waals surface area contributed by atoms with Crippen LogP contribution in [-0.2, 0) is 13.3 Å². The third-order valence-corrected chi connectivity index (χ3v) is 4.38. The predicted molar refractivity (Wildman–Crippen MR) is 114 cm³/mol. The molecule has 30 heavy (non-hydrogen) atoms. The molecule has 2 aromatic carbocycles. The SMILES string of the molecule is CCOc1ccc(CNC(=O)c2ccn(COc3ccccc3C)n2)cc1OCC. The molecule has 0 saturated heterocycles. The minimum absolute atomic E-state index is 0.231. The third-order valence-electron chi connectivity index (χ3n) is 4.38. The van der Waals surface area contributed by atoms with Crippen LogP contribution < -0.4 is 19.5 Å². The second kappa shape index (κ2) is 10.3. The van der Waals surface area contributed by atoms with E-state index >= 15 is 0 Å². The topological polar surface area (TPSA) is 74.6 Å². The number of aryl methyl sites for hydroxylation is 1. The summed E-state index contributed by atoms with van der Waals surface area (Å²) >= 11 is 0. The van der Waals surface area contributed by atoms with E-state index in [1.165, 1.54) is 0 Å². The summed E-state index contributed by atoms with van der Waals surface area (Å²) in [4.78, 5) is 12.5. The fourth-order valence-electron chi connectivity index (χ4n) is 2.89. The van der Waals surface area contributed by atoms with E-state index < -0.39 is 0 Å². The summed E-state index contributed by atoms with van der Waals surface area (Å²) in [5.74, 6) is 1.90. The van der Waals surface area contributed by atoms with E-state index in [9.17, 15) is 4.79 Å². The maximum atomic E-state index is 12.5. The summed E-state index contributed by atoms with van der Waals surface area (Å²) in [6.07, 6.45) is 1.72. The van der Waals surface area contributed by atoms with Crippen molar-refractivity contribution in [3.05, 3.63) is 71.5 Å². The lowest BCUT2D eigenvalue weighted by atomic mass is 10.2. The summed E-state index contributed by atoms with van der Waals surface area (Å²) in [6, 6.07) is 15.1. The molecule has 0 atom stereocenters. The zero-order valence-corrected chi connectivity index (χ0v) is 17.6. The van der Waals surface area contributed by atoms with Crippen LogP contribution in [0.5, 0.6) is 17.2 Å². The van der Waals surface area contributed by atoms with Gasteiger partial charge in [-0.3, -0.25) is 4.79 Å². The lowest BCUT2D eigenvalue weighted by Gasteiger charge is -2.12. The number of hydrogen-bond acceptors (Lipinski definition) is 5. The third kappa shape index (κ3) is 5.53. The van der Waals surface area contributed by atoms with Crippen molar-refractivity contribution in [2.45, 2.75) is 34.0 Å². The summed E-state index contributed by atoms with van der Waals surface area (Å²) < 4.78 is 18.5. The number of hydrogen-bond donors (Lipinski definition) is 1. The van der Waals surface area contributed by atoms with Crippen LogP contribution in [0.4, 0.5) is 0 Å². The molecule has 1 aromatic heterocycles. The van der Waals surface area contributed by atoms with Crippen LogP contribution in [0.1, 0.15) is 35.5 Å². The van der Waals surface area contributed by atoms with Crippen molar-refractivity contribution in [2.75, 3.05) is 13.2 Å². The maximum Gasteiger partial charge on any atom is 0.272 e. The van der Waals surface area contributed by atoms with Gasteiger partial charge >= 0.3 is 0 Å². The van der Waals surface area contributed by atoms with E-state index in [4.69, 9.17) is 14.2 Å². The van der Waals surface area contributed by atoms with E-state index in [1.807, 2.05) is 63.2 Å². The van der Waals surface area contributed by atoms with Gasteiger partial charge in [-0.1, -0.05) is 24.3 Å². The molecule has 0 unspecified atom stereocenters. The average Bonchev–Trinajstić information content (AvgIpc) is 3.22. The zero-order chi connectivity index (χ0) is 21.3. The number of aromatic nitrogens is 2. The first-order valence-corrected chi connectivity index (χ1v) is 9.99. The van der Waals surface area contributed by atoms with E-state index in [-0.39, 0.29) is 12.6 Å². The number of carbonyl (C=O) groups excluding carboxylic acids is 1. The number of para-hydroxylation sites is 1. The van der Waals surface area contributed by atoms with Crippen molar-refractivity contribution >= 4 is 5.91 Å². The van der Waals surface area contributed by atoms with Gasteiger partial charge < -0.3 is 19.5 Å². The average molecular weight is 409 g/mol. The molecular weight excluding hydrogens is 382 g/mol. The van der Waals surface area contributed by atoms with E-state index in [0.717, 1.165) is 16.9 Å². The second-order valence-corrected chi connectivity index (χ2v) is 6.61. The summed E-state index contributed by atoms with van der Waals surface area (Å²) in [5, 5.41) is 7.17. The Labute approximate surface area is 176 Å². The molecule has 7 heteroatoms. The molecule has 1 heterocycles. The molecule has 158 valence electrons. The van der Waals surface area contributed by atoms with E-state index in [0.29, 0.717) is 37.0 Å². The number of benzene rings is 2. The maximum absolute atomic E-state index is 12.5. The standard InChI is InChI=1S/C23H27N3O4/c1-4-28-21-11-10-18(14-22(21)29-5-2)15-24-23(27)19-12-13-26(25-19)16-30-20-9-7-6-8-17(20)3/h6-14H,4-5,15-16H2,1-3H3,(H,24,27).